The van der Waals surface area contributed by atoms with Crippen molar-refractivity contribution in [3.05, 3.63) is 17.0 Å². The number of likely N-dealkylation sites (N-methyl/N-ethyl adjacent to an activating group) is 1. The van der Waals surface area contributed by atoms with Crippen molar-refractivity contribution >= 4 is 27.3 Å². The molecule has 1 rings (SSSR count). The van der Waals surface area contributed by atoms with Gasteiger partial charge in [-0.25, -0.2) is 13.1 Å². The standard InChI is InChI=1S/C11H19N3O3S2/c1-8(12-3)6-14-19(16,17)11-5-4-10(18-11)7-13-9(2)15/h4-5,8,12,14H,6-7H2,1-3H3,(H,13,15). The summed E-state index contributed by atoms with van der Waals surface area (Å²) in [5, 5.41) is 5.59. The average Bonchev–Trinajstić information content (AvgIpc) is 2.83. The van der Waals surface area contributed by atoms with Crippen LogP contribution >= 0.6 is 11.3 Å². The molecule has 108 valence electrons. The van der Waals surface area contributed by atoms with E-state index in [2.05, 4.69) is 15.4 Å². The molecule has 0 saturated heterocycles. The molecule has 19 heavy (non-hydrogen) atoms. The van der Waals surface area contributed by atoms with Crippen LogP contribution in [0.3, 0.4) is 0 Å². The molecule has 0 aliphatic rings. The molecule has 0 saturated carbocycles. The average molecular weight is 305 g/mol. The smallest absolute Gasteiger partial charge is 0.250 e. The Balaban J connectivity index is 2.66. The Morgan fingerprint density at radius 3 is 2.68 bits per heavy atom. The second-order valence-corrected chi connectivity index (χ2v) is 7.33. The fraction of sp³-hybridized carbons (Fsp3) is 0.545. The third-order valence-electron chi connectivity index (χ3n) is 2.49. The molecular formula is C11H19N3O3S2. The van der Waals surface area contributed by atoms with Crippen LogP contribution in [0.4, 0.5) is 0 Å². The van der Waals surface area contributed by atoms with E-state index in [1.807, 2.05) is 6.92 Å². The van der Waals surface area contributed by atoms with Gasteiger partial charge >= 0.3 is 0 Å². The summed E-state index contributed by atoms with van der Waals surface area (Å²) >= 11 is 1.16. The molecule has 1 amide bonds. The van der Waals surface area contributed by atoms with Crippen molar-refractivity contribution in [2.24, 2.45) is 0 Å². The molecule has 1 atom stereocenters. The predicted molar refractivity (Wildman–Crippen MR) is 75.5 cm³/mol. The largest absolute Gasteiger partial charge is 0.351 e. The number of carbonyl (C=O) groups is 1. The molecule has 0 radical (unpaired) electrons. The Morgan fingerprint density at radius 1 is 1.42 bits per heavy atom. The van der Waals surface area contributed by atoms with E-state index in [9.17, 15) is 13.2 Å². The van der Waals surface area contributed by atoms with E-state index in [0.717, 1.165) is 16.2 Å². The van der Waals surface area contributed by atoms with Gasteiger partial charge < -0.3 is 10.6 Å². The Hall–Kier alpha value is -0.960. The van der Waals surface area contributed by atoms with E-state index in [-0.39, 0.29) is 16.2 Å². The van der Waals surface area contributed by atoms with Gasteiger partial charge in [0.05, 0.1) is 6.54 Å². The summed E-state index contributed by atoms with van der Waals surface area (Å²) in [6, 6.07) is 3.32. The van der Waals surface area contributed by atoms with Gasteiger partial charge in [0, 0.05) is 24.4 Å². The summed E-state index contributed by atoms with van der Waals surface area (Å²) in [5.41, 5.74) is 0. The normalized spacial score (nSPS) is 13.2. The lowest BCUT2D eigenvalue weighted by Gasteiger charge is -2.10. The van der Waals surface area contributed by atoms with E-state index < -0.39 is 10.0 Å². The van der Waals surface area contributed by atoms with Crippen molar-refractivity contribution in [2.45, 2.75) is 30.6 Å². The maximum absolute atomic E-state index is 12.0. The van der Waals surface area contributed by atoms with Crippen molar-refractivity contribution in [3.8, 4) is 0 Å². The molecule has 6 nitrogen and oxygen atoms in total. The van der Waals surface area contributed by atoms with Crippen molar-refractivity contribution in [2.75, 3.05) is 13.6 Å². The molecule has 0 spiro atoms. The molecule has 0 aromatic carbocycles. The fourth-order valence-electron chi connectivity index (χ4n) is 1.22. The van der Waals surface area contributed by atoms with Crippen LogP contribution in [-0.4, -0.2) is 34.0 Å². The fourth-order valence-corrected chi connectivity index (χ4v) is 3.69. The Morgan fingerprint density at radius 2 is 2.11 bits per heavy atom. The van der Waals surface area contributed by atoms with Crippen molar-refractivity contribution in [1.29, 1.82) is 0 Å². The lowest BCUT2D eigenvalue weighted by atomic mass is 10.4. The Bertz CT molecular complexity index is 525. The zero-order valence-corrected chi connectivity index (χ0v) is 12.8. The van der Waals surface area contributed by atoms with Gasteiger partial charge in [-0.3, -0.25) is 4.79 Å². The van der Waals surface area contributed by atoms with Crippen LogP contribution in [0.2, 0.25) is 0 Å². The van der Waals surface area contributed by atoms with Crippen molar-refractivity contribution < 1.29 is 13.2 Å². The topological polar surface area (TPSA) is 87.3 Å². The second-order valence-electron chi connectivity index (χ2n) is 4.17. The quantitative estimate of drug-likeness (QED) is 0.675. The summed E-state index contributed by atoms with van der Waals surface area (Å²) in [4.78, 5) is 11.6. The van der Waals surface area contributed by atoms with Crippen molar-refractivity contribution in [3.63, 3.8) is 0 Å². The molecule has 1 aromatic heterocycles. The first-order valence-corrected chi connectivity index (χ1v) is 8.15. The molecule has 0 fully saturated rings. The highest BCUT2D eigenvalue weighted by molar-refractivity contribution is 7.91. The van der Waals surface area contributed by atoms with E-state index in [1.54, 1.807) is 19.2 Å². The maximum atomic E-state index is 12.0. The van der Waals surface area contributed by atoms with Gasteiger partial charge in [-0.05, 0) is 26.1 Å². The number of hydrogen-bond acceptors (Lipinski definition) is 5. The number of amides is 1. The Labute approximate surface area is 117 Å². The minimum Gasteiger partial charge on any atom is -0.351 e. The number of hydrogen-bond donors (Lipinski definition) is 3. The number of thiophene rings is 1. The Kier molecular flexibility index (Phi) is 5.92. The van der Waals surface area contributed by atoms with E-state index >= 15 is 0 Å². The minimum absolute atomic E-state index is 0.0635. The molecule has 0 aliphatic carbocycles. The highest BCUT2D eigenvalue weighted by atomic mass is 32.2. The van der Waals surface area contributed by atoms with Crippen LogP contribution in [0.1, 0.15) is 18.7 Å². The highest BCUT2D eigenvalue weighted by Gasteiger charge is 2.17. The minimum atomic E-state index is -3.47. The SMILES string of the molecule is CNC(C)CNS(=O)(=O)c1ccc(CNC(C)=O)s1. The van der Waals surface area contributed by atoms with Gasteiger partial charge in [0.1, 0.15) is 4.21 Å². The molecule has 1 heterocycles. The highest BCUT2D eigenvalue weighted by Crippen LogP contribution is 2.21. The van der Waals surface area contributed by atoms with Crippen LogP contribution in [0, 0.1) is 0 Å². The first kappa shape index (κ1) is 16.1. The van der Waals surface area contributed by atoms with Crippen LogP contribution in [0.15, 0.2) is 16.3 Å². The summed E-state index contributed by atoms with van der Waals surface area (Å²) in [6.45, 7) is 3.99. The third kappa shape index (κ3) is 5.27. The van der Waals surface area contributed by atoms with Crippen molar-refractivity contribution in [1.82, 2.24) is 15.4 Å². The van der Waals surface area contributed by atoms with Crippen LogP contribution in [0.25, 0.3) is 0 Å². The van der Waals surface area contributed by atoms with Gasteiger partial charge in [-0.15, -0.1) is 11.3 Å². The summed E-state index contributed by atoms with van der Waals surface area (Å²) in [5.74, 6) is -0.140. The number of carbonyl (C=O) groups excluding carboxylic acids is 1. The third-order valence-corrected chi connectivity index (χ3v) is 5.49. The van der Waals surface area contributed by atoms with Gasteiger partial charge in [-0.2, -0.15) is 0 Å². The number of rotatable bonds is 7. The summed E-state index contributed by atoms with van der Waals surface area (Å²) in [6.07, 6.45) is 0. The summed E-state index contributed by atoms with van der Waals surface area (Å²) < 4.78 is 26.8. The van der Waals surface area contributed by atoms with E-state index in [4.69, 9.17) is 0 Å². The monoisotopic (exact) mass is 305 g/mol. The van der Waals surface area contributed by atoms with Gasteiger partial charge in [-0.1, -0.05) is 0 Å². The zero-order chi connectivity index (χ0) is 14.5. The summed E-state index contributed by atoms with van der Waals surface area (Å²) in [7, 11) is -1.69. The number of sulfonamides is 1. The van der Waals surface area contributed by atoms with Gasteiger partial charge in [0.25, 0.3) is 0 Å². The molecule has 1 aromatic rings. The molecule has 0 bridgehead atoms. The first-order valence-electron chi connectivity index (χ1n) is 5.85. The maximum Gasteiger partial charge on any atom is 0.250 e. The lowest BCUT2D eigenvalue weighted by Crippen LogP contribution is -2.36. The predicted octanol–water partition coefficient (Wildman–Crippen LogP) is 0.270. The van der Waals surface area contributed by atoms with E-state index in [0.29, 0.717) is 13.1 Å². The van der Waals surface area contributed by atoms with E-state index in [1.165, 1.54) is 6.92 Å². The molecule has 3 N–H and O–H groups in total. The molecular weight excluding hydrogens is 286 g/mol. The molecule has 0 aliphatic heterocycles. The molecule has 8 heteroatoms. The lowest BCUT2D eigenvalue weighted by molar-refractivity contribution is -0.119. The zero-order valence-electron chi connectivity index (χ0n) is 11.2. The number of nitrogens with one attached hydrogen (secondary N) is 3. The van der Waals surface area contributed by atoms with Crippen LogP contribution in [-0.2, 0) is 21.4 Å². The van der Waals surface area contributed by atoms with Gasteiger partial charge in [0.2, 0.25) is 15.9 Å². The van der Waals surface area contributed by atoms with Crippen LogP contribution < -0.4 is 15.4 Å². The molecule has 1 unspecified atom stereocenters. The first-order chi connectivity index (χ1) is 8.85. The second kappa shape index (κ2) is 6.99. The van der Waals surface area contributed by atoms with Crippen LogP contribution in [0.5, 0.6) is 0 Å². The van der Waals surface area contributed by atoms with Gasteiger partial charge in [0.15, 0.2) is 0 Å².